The summed E-state index contributed by atoms with van der Waals surface area (Å²) >= 11 is 0. The number of hydrogen-bond acceptors (Lipinski definition) is 0. The molecule has 0 aliphatic rings. The first-order valence-corrected chi connectivity index (χ1v) is 5.85. The minimum atomic E-state index is 0.823. The molecule has 0 amide bonds. The molecule has 0 aromatic heterocycles. The molecule has 82 valence electrons. The van der Waals surface area contributed by atoms with Gasteiger partial charge < -0.3 is 0 Å². The van der Waals surface area contributed by atoms with E-state index in [-0.39, 0.29) is 0 Å². The first-order valence-electron chi connectivity index (χ1n) is 5.85. The van der Waals surface area contributed by atoms with Gasteiger partial charge >= 0.3 is 0 Å². The van der Waals surface area contributed by atoms with Crippen LogP contribution in [0.1, 0.15) is 53.4 Å². The zero-order valence-electron chi connectivity index (χ0n) is 10.3. The van der Waals surface area contributed by atoms with Gasteiger partial charge in [-0.05, 0) is 25.2 Å². The Morgan fingerprint density at radius 1 is 1.21 bits per heavy atom. The quantitative estimate of drug-likeness (QED) is 0.502. The molecule has 0 aromatic rings. The zero-order valence-corrected chi connectivity index (χ0v) is 10.3. The number of hydrogen-bond donors (Lipinski definition) is 0. The fourth-order valence-corrected chi connectivity index (χ4v) is 1.46. The average Bonchev–Trinajstić information content (AvgIpc) is 2.13. The molecule has 0 aliphatic heterocycles. The lowest BCUT2D eigenvalue weighted by molar-refractivity contribution is 0.460. The molecule has 0 heterocycles. The lowest BCUT2D eigenvalue weighted by Gasteiger charge is -2.10. The second kappa shape index (κ2) is 7.84. The molecular weight excluding hydrogens is 168 g/mol. The molecule has 0 radical (unpaired) electrons. The SMILES string of the molecule is C=C/C(C)=C/CC(C)CCCC(C)C. The van der Waals surface area contributed by atoms with Gasteiger partial charge in [-0.3, -0.25) is 0 Å². The molecule has 0 spiro atoms. The van der Waals surface area contributed by atoms with Crippen molar-refractivity contribution >= 4 is 0 Å². The van der Waals surface area contributed by atoms with Gasteiger partial charge in [-0.1, -0.05) is 64.3 Å². The van der Waals surface area contributed by atoms with Crippen LogP contribution in [0.25, 0.3) is 0 Å². The summed E-state index contributed by atoms with van der Waals surface area (Å²) in [4.78, 5) is 0. The predicted molar refractivity (Wildman–Crippen MR) is 66.4 cm³/mol. The van der Waals surface area contributed by atoms with E-state index in [9.17, 15) is 0 Å². The summed E-state index contributed by atoms with van der Waals surface area (Å²) < 4.78 is 0. The van der Waals surface area contributed by atoms with Crippen molar-refractivity contribution in [1.29, 1.82) is 0 Å². The van der Waals surface area contributed by atoms with Crippen LogP contribution >= 0.6 is 0 Å². The van der Waals surface area contributed by atoms with Crippen molar-refractivity contribution in [2.75, 3.05) is 0 Å². The van der Waals surface area contributed by atoms with E-state index in [4.69, 9.17) is 0 Å². The van der Waals surface area contributed by atoms with Gasteiger partial charge in [0.05, 0.1) is 0 Å². The highest BCUT2D eigenvalue weighted by Crippen LogP contribution is 2.16. The van der Waals surface area contributed by atoms with Gasteiger partial charge in [0.2, 0.25) is 0 Å². The van der Waals surface area contributed by atoms with Gasteiger partial charge in [0.15, 0.2) is 0 Å². The largest absolute Gasteiger partial charge is 0.0988 e. The monoisotopic (exact) mass is 194 g/mol. The Morgan fingerprint density at radius 2 is 1.86 bits per heavy atom. The molecule has 0 bridgehead atoms. The lowest BCUT2D eigenvalue weighted by atomic mass is 9.96. The molecule has 0 saturated heterocycles. The Hall–Kier alpha value is -0.520. The van der Waals surface area contributed by atoms with Gasteiger partial charge in [0.25, 0.3) is 0 Å². The Balaban J connectivity index is 3.55. The van der Waals surface area contributed by atoms with Gasteiger partial charge in [0, 0.05) is 0 Å². The topological polar surface area (TPSA) is 0 Å². The second-order valence-electron chi connectivity index (χ2n) is 4.82. The van der Waals surface area contributed by atoms with E-state index < -0.39 is 0 Å². The van der Waals surface area contributed by atoms with Crippen LogP contribution in [0.15, 0.2) is 24.3 Å². The van der Waals surface area contributed by atoms with E-state index in [1.165, 1.54) is 31.3 Å². The van der Waals surface area contributed by atoms with Crippen LogP contribution in [0.4, 0.5) is 0 Å². The fraction of sp³-hybridized carbons (Fsp3) is 0.714. The summed E-state index contributed by atoms with van der Waals surface area (Å²) in [6, 6.07) is 0. The second-order valence-corrected chi connectivity index (χ2v) is 4.82. The third kappa shape index (κ3) is 8.10. The summed E-state index contributed by atoms with van der Waals surface area (Å²) in [6.07, 6.45) is 9.54. The van der Waals surface area contributed by atoms with Gasteiger partial charge in [-0.2, -0.15) is 0 Å². The number of allylic oxidation sites excluding steroid dienone is 3. The predicted octanol–water partition coefficient (Wildman–Crippen LogP) is 4.97. The van der Waals surface area contributed by atoms with E-state index in [1.54, 1.807) is 0 Å². The molecular formula is C14H26. The normalized spacial score (nSPS) is 14.5. The van der Waals surface area contributed by atoms with Gasteiger partial charge in [0.1, 0.15) is 0 Å². The molecule has 0 aliphatic carbocycles. The van der Waals surface area contributed by atoms with Crippen molar-refractivity contribution < 1.29 is 0 Å². The smallest absolute Gasteiger partial charge is 0.0319 e. The van der Waals surface area contributed by atoms with E-state index in [0.29, 0.717) is 0 Å². The molecule has 0 saturated carbocycles. The summed E-state index contributed by atoms with van der Waals surface area (Å²) in [7, 11) is 0. The van der Waals surface area contributed by atoms with Crippen LogP contribution in [-0.4, -0.2) is 0 Å². The summed E-state index contributed by atoms with van der Waals surface area (Å²) in [5.74, 6) is 1.68. The van der Waals surface area contributed by atoms with Crippen LogP contribution in [-0.2, 0) is 0 Å². The van der Waals surface area contributed by atoms with Gasteiger partial charge in [-0.25, -0.2) is 0 Å². The van der Waals surface area contributed by atoms with E-state index in [2.05, 4.69) is 40.3 Å². The minimum Gasteiger partial charge on any atom is -0.0988 e. The van der Waals surface area contributed by atoms with Crippen LogP contribution in [0.2, 0.25) is 0 Å². The highest BCUT2D eigenvalue weighted by atomic mass is 14.1. The zero-order chi connectivity index (χ0) is 11.0. The highest BCUT2D eigenvalue weighted by molar-refractivity contribution is 5.12. The molecule has 1 atom stereocenters. The molecule has 0 N–H and O–H groups in total. The highest BCUT2D eigenvalue weighted by Gasteiger charge is 2.01. The van der Waals surface area contributed by atoms with E-state index in [1.807, 2.05) is 6.08 Å². The van der Waals surface area contributed by atoms with Crippen molar-refractivity contribution in [3.63, 3.8) is 0 Å². The summed E-state index contributed by atoms with van der Waals surface area (Å²) in [5.41, 5.74) is 1.31. The first kappa shape index (κ1) is 13.5. The Bertz CT molecular complexity index is 174. The molecule has 1 unspecified atom stereocenters. The summed E-state index contributed by atoms with van der Waals surface area (Å²) in [5, 5.41) is 0. The third-order valence-electron chi connectivity index (χ3n) is 2.64. The molecule has 0 heteroatoms. The van der Waals surface area contributed by atoms with Crippen molar-refractivity contribution in [3.8, 4) is 0 Å². The van der Waals surface area contributed by atoms with Crippen molar-refractivity contribution in [2.45, 2.75) is 53.4 Å². The minimum absolute atomic E-state index is 0.823. The maximum absolute atomic E-state index is 3.76. The van der Waals surface area contributed by atoms with Crippen molar-refractivity contribution in [2.24, 2.45) is 11.8 Å². The molecule has 0 rings (SSSR count). The lowest BCUT2D eigenvalue weighted by Crippen LogP contribution is -1.95. The van der Waals surface area contributed by atoms with Crippen LogP contribution in [0.3, 0.4) is 0 Å². The number of rotatable bonds is 7. The van der Waals surface area contributed by atoms with Crippen molar-refractivity contribution in [3.05, 3.63) is 24.3 Å². The Morgan fingerprint density at radius 3 is 2.36 bits per heavy atom. The molecule has 0 aromatic carbocycles. The standard InChI is InChI=1S/C14H26/c1-6-13(4)10-11-14(5)9-7-8-12(2)3/h6,10,12,14H,1,7-9,11H2,2-5H3/b13-10+. The third-order valence-corrected chi connectivity index (χ3v) is 2.64. The van der Waals surface area contributed by atoms with E-state index >= 15 is 0 Å². The van der Waals surface area contributed by atoms with Gasteiger partial charge in [-0.15, -0.1) is 0 Å². The molecule has 0 fully saturated rings. The van der Waals surface area contributed by atoms with Crippen LogP contribution in [0, 0.1) is 11.8 Å². The van der Waals surface area contributed by atoms with Crippen LogP contribution < -0.4 is 0 Å². The first-order chi connectivity index (χ1) is 6.56. The summed E-state index contributed by atoms with van der Waals surface area (Å²) in [6.45, 7) is 12.8. The molecule has 0 nitrogen and oxygen atoms in total. The average molecular weight is 194 g/mol. The molecule has 14 heavy (non-hydrogen) atoms. The fourth-order valence-electron chi connectivity index (χ4n) is 1.46. The maximum Gasteiger partial charge on any atom is -0.0319 e. The van der Waals surface area contributed by atoms with Crippen molar-refractivity contribution in [1.82, 2.24) is 0 Å². The van der Waals surface area contributed by atoms with Crippen LogP contribution in [0.5, 0.6) is 0 Å². The Labute approximate surface area is 90.1 Å². The van der Waals surface area contributed by atoms with E-state index in [0.717, 1.165) is 11.8 Å². The maximum atomic E-state index is 3.76. The Kier molecular flexibility index (Phi) is 7.55.